The minimum absolute atomic E-state index is 0.190. The van der Waals surface area contributed by atoms with Gasteiger partial charge < -0.3 is 9.80 Å². The zero-order chi connectivity index (χ0) is 36.4. The summed E-state index contributed by atoms with van der Waals surface area (Å²) in [6, 6.07) is 18.6. The van der Waals surface area contributed by atoms with Gasteiger partial charge in [0.25, 0.3) is 0 Å². The highest BCUT2D eigenvalue weighted by atomic mass is 15.2. The van der Waals surface area contributed by atoms with E-state index in [4.69, 9.17) is 16.8 Å². The number of anilines is 4. The molecular weight excluding hydrogens is 560 g/mol. The van der Waals surface area contributed by atoms with Crippen LogP contribution in [0.5, 0.6) is 0 Å². The lowest BCUT2D eigenvalue weighted by Crippen LogP contribution is -2.28. The molecule has 4 heterocycles. The first-order valence-corrected chi connectivity index (χ1v) is 16.5. The average molecular weight is 612 g/mol. The molecular formula is C42H46N4. The molecule has 7 rings (SSSR count). The van der Waals surface area contributed by atoms with E-state index >= 15 is 0 Å². The summed E-state index contributed by atoms with van der Waals surface area (Å²) in [6.07, 6.45) is 7.73. The number of pyridine rings is 2. The summed E-state index contributed by atoms with van der Waals surface area (Å²) in [7, 11) is 0. The fourth-order valence-corrected chi connectivity index (χ4v) is 7.03. The number of fused-ring (bicyclic) bond motifs is 2. The van der Waals surface area contributed by atoms with E-state index in [0.29, 0.717) is 5.56 Å². The number of nitrogens with zero attached hydrogens (tertiary/aromatic N) is 4. The van der Waals surface area contributed by atoms with Gasteiger partial charge in [0.2, 0.25) is 0 Å². The second-order valence-corrected chi connectivity index (χ2v) is 14.4. The van der Waals surface area contributed by atoms with Crippen LogP contribution in [0, 0.1) is 6.92 Å². The molecule has 0 unspecified atom stereocenters. The minimum atomic E-state index is -0.393. The molecule has 0 spiro atoms. The molecule has 234 valence electrons. The first-order chi connectivity index (χ1) is 24.2. The van der Waals surface area contributed by atoms with E-state index in [1.165, 1.54) is 33.5 Å². The van der Waals surface area contributed by atoms with E-state index in [0.717, 1.165) is 61.7 Å². The first kappa shape index (κ1) is 24.7. The van der Waals surface area contributed by atoms with Crippen molar-refractivity contribution >= 4 is 23.0 Å². The Balaban J connectivity index is 1.29. The molecule has 0 amide bonds. The zero-order valence-electron chi connectivity index (χ0n) is 32.9. The highest BCUT2D eigenvalue weighted by Crippen LogP contribution is 2.43. The van der Waals surface area contributed by atoms with E-state index in [9.17, 15) is 0 Å². The van der Waals surface area contributed by atoms with Crippen LogP contribution in [0.25, 0.3) is 11.1 Å². The number of hydrogen-bond acceptors (Lipinski definition) is 4. The molecule has 0 saturated carbocycles. The Hall–Kier alpha value is -4.44. The summed E-state index contributed by atoms with van der Waals surface area (Å²) in [4.78, 5) is 14.3. The van der Waals surface area contributed by atoms with Crippen molar-refractivity contribution in [2.75, 3.05) is 22.9 Å². The van der Waals surface area contributed by atoms with Gasteiger partial charge in [-0.3, -0.25) is 0 Å². The minimum Gasteiger partial charge on any atom is -0.326 e. The average Bonchev–Trinajstić information content (AvgIpc) is 3.12. The predicted molar refractivity (Wildman–Crippen MR) is 193 cm³/mol. The molecule has 0 aliphatic carbocycles. The molecule has 0 bridgehead atoms. The maximum atomic E-state index is 8.67. The monoisotopic (exact) mass is 611 g/mol. The molecule has 4 nitrogen and oxygen atoms in total. The normalized spacial score (nSPS) is 16.5. The van der Waals surface area contributed by atoms with Crippen molar-refractivity contribution in [3.63, 3.8) is 0 Å². The molecule has 0 fully saturated rings. The van der Waals surface area contributed by atoms with Gasteiger partial charge in [-0.15, -0.1) is 0 Å². The number of benzene rings is 3. The van der Waals surface area contributed by atoms with Crippen molar-refractivity contribution in [2.24, 2.45) is 0 Å². The van der Waals surface area contributed by atoms with Crippen molar-refractivity contribution in [3.05, 3.63) is 131 Å². The lowest BCUT2D eigenvalue weighted by Gasteiger charge is -2.36. The number of aromatic nitrogens is 2. The molecule has 2 aromatic heterocycles. The second kappa shape index (κ2) is 11.7. The lowest BCUT2D eigenvalue weighted by atomic mass is 9.76. The molecule has 4 heteroatoms. The molecule has 2 aliphatic heterocycles. The maximum absolute atomic E-state index is 8.67. The SMILES string of the molecule is [2H]c1c([2H])c([2H])c(-c2cnc(N3CCCc4ccc(C(C)(C)c5ccc6c(c5)N(c5cc(C)ccn5)CCC6)cc43)cc2C(C)(C)C)c([2H])c1[2H]. The Morgan fingerprint density at radius 1 is 0.696 bits per heavy atom. The summed E-state index contributed by atoms with van der Waals surface area (Å²) in [5, 5.41) is 0. The summed E-state index contributed by atoms with van der Waals surface area (Å²) < 4.78 is 42.0. The Kier molecular flexibility index (Phi) is 6.31. The lowest BCUT2D eigenvalue weighted by molar-refractivity contribution is 0.590. The molecule has 2 aliphatic rings. The highest BCUT2D eigenvalue weighted by molar-refractivity contribution is 5.74. The number of rotatable bonds is 5. The molecule has 3 aromatic carbocycles. The van der Waals surface area contributed by atoms with Gasteiger partial charge in [-0.25, -0.2) is 9.97 Å². The summed E-state index contributed by atoms with van der Waals surface area (Å²) in [5.41, 5.74) is 9.65. The Labute approximate surface area is 282 Å². The van der Waals surface area contributed by atoms with Gasteiger partial charge in [0.05, 0.1) is 6.85 Å². The molecule has 46 heavy (non-hydrogen) atoms. The molecule has 0 atom stereocenters. The van der Waals surface area contributed by atoms with Gasteiger partial charge in [-0.05, 0) is 107 Å². The topological polar surface area (TPSA) is 32.3 Å². The van der Waals surface area contributed by atoms with Crippen molar-refractivity contribution < 1.29 is 6.85 Å². The van der Waals surface area contributed by atoms with Crippen LogP contribution in [0.15, 0.2) is 97.2 Å². The third kappa shape index (κ3) is 5.59. The third-order valence-electron chi connectivity index (χ3n) is 9.77. The smallest absolute Gasteiger partial charge is 0.133 e. The second-order valence-electron chi connectivity index (χ2n) is 14.4. The summed E-state index contributed by atoms with van der Waals surface area (Å²) in [6.45, 7) is 14.7. The van der Waals surface area contributed by atoms with Crippen molar-refractivity contribution in [3.8, 4) is 11.1 Å². The van der Waals surface area contributed by atoms with E-state index in [-0.39, 0.29) is 40.6 Å². The largest absolute Gasteiger partial charge is 0.326 e. The van der Waals surface area contributed by atoms with Crippen LogP contribution in [0.2, 0.25) is 0 Å². The van der Waals surface area contributed by atoms with Crippen LogP contribution in [0.1, 0.15) is 87.7 Å². The van der Waals surface area contributed by atoms with Crippen LogP contribution in [-0.4, -0.2) is 23.1 Å². The standard InChI is InChI=1S/C42H46N4/c1-29-20-21-43-39(24-29)45-22-10-14-31-16-18-33(25-37(31)45)42(5,6)34-19-17-32-15-11-23-46(38(32)26-34)40-27-36(41(2,3)4)35(28-44-40)30-12-8-7-9-13-30/h7-9,12-13,16-21,24-28H,10-11,14-15,22-23H2,1-6H3/i7D,8D,9D,12D,13D. The highest BCUT2D eigenvalue weighted by Gasteiger charge is 2.30. The van der Waals surface area contributed by atoms with Crippen LogP contribution < -0.4 is 9.80 Å². The van der Waals surface area contributed by atoms with Gasteiger partial charge in [0.15, 0.2) is 0 Å². The molecule has 0 radical (unpaired) electrons. The molecule has 0 saturated heterocycles. The van der Waals surface area contributed by atoms with E-state index in [2.05, 4.69) is 99.9 Å². The Bertz CT molecular complexity index is 2140. The molecule has 5 aromatic rings. The van der Waals surface area contributed by atoms with Crippen molar-refractivity contribution in [1.29, 1.82) is 0 Å². The van der Waals surface area contributed by atoms with Gasteiger partial charge in [0.1, 0.15) is 11.6 Å². The van der Waals surface area contributed by atoms with Crippen LogP contribution >= 0.6 is 0 Å². The fraction of sp³-hybridized carbons (Fsp3) is 0.333. The zero-order valence-corrected chi connectivity index (χ0v) is 27.9. The van der Waals surface area contributed by atoms with Crippen LogP contribution in [-0.2, 0) is 23.7 Å². The van der Waals surface area contributed by atoms with Crippen molar-refractivity contribution in [1.82, 2.24) is 9.97 Å². The van der Waals surface area contributed by atoms with E-state index < -0.39 is 6.04 Å². The fourth-order valence-electron chi connectivity index (χ4n) is 7.03. The van der Waals surface area contributed by atoms with E-state index in [1.54, 1.807) is 6.20 Å². The van der Waals surface area contributed by atoms with Gasteiger partial charge >= 0.3 is 0 Å². The van der Waals surface area contributed by atoms with E-state index in [1.807, 2.05) is 12.3 Å². The summed E-state index contributed by atoms with van der Waals surface area (Å²) >= 11 is 0. The first-order valence-electron chi connectivity index (χ1n) is 19.0. The van der Waals surface area contributed by atoms with Gasteiger partial charge in [0, 0.05) is 47.8 Å². The Morgan fingerprint density at radius 2 is 1.28 bits per heavy atom. The molecule has 0 N–H and O–H groups in total. The van der Waals surface area contributed by atoms with Crippen LogP contribution in [0.3, 0.4) is 0 Å². The van der Waals surface area contributed by atoms with Gasteiger partial charge in [-0.1, -0.05) is 89.1 Å². The quantitative estimate of drug-likeness (QED) is 0.198. The van der Waals surface area contributed by atoms with Gasteiger partial charge in [-0.2, -0.15) is 0 Å². The predicted octanol–water partition coefficient (Wildman–Crippen LogP) is 10.2. The number of aryl methyl sites for hydroxylation is 3. The van der Waals surface area contributed by atoms with Crippen LogP contribution in [0.4, 0.5) is 23.0 Å². The summed E-state index contributed by atoms with van der Waals surface area (Å²) in [5.74, 6) is 1.79. The van der Waals surface area contributed by atoms with Crippen molar-refractivity contribution in [2.45, 2.75) is 78.1 Å². The Morgan fingerprint density at radius 3 is 1.85 bits per heavy atom. The number of hydrogen-bond donors (Lipinski definition) is 0. The third-order valence-corrected chi connectivity index (χ3v) is 9.77. The maximum Gasteiger partial charge on any atom is 0.133 e.